The van der Waals surface area contributed by atoms with Crippen LogP contribution in [0.5, 0.6) is 0 Å². The number of hydrogen-bond donors (Lipinski definition) is 3. The Morgan fingerprint density at radius 2 is 2.27 bits per heavy atom. The Bertz CT molecular complexity index is 313. The van der Waals surface area contributed by atoms with Gasteiger partial charge in [0, 0.05) is 18.5 Å². The Morgan fingerprint density at radius 1 is 1.47 bits per heavy atom. The predicted molar refractivity (Wildman–Crippen MR) is 60.6 cm³/mol. The molecule has 1 rings (SSSR count). The lowest BCUT2D eigenvalue weighted by Gasteiger charge is -2.01. The lowest BCUT2D eigenvalue weighted by Crippen LogP contribution is -2.25. The predicted octanol–water partition coefficient (Wildman–Crippen LogP) is 0.0705. The van der Waals surface area contributed by atoms with Crippen LogP contribution >= 0.6 is 11.3 Å². The van der Waals surface area contributed by atoms with Gasteiger partial charge in [-0.25, -0.2) is 4.98 Å². The number of thiazole rings is 1. The van der Waals surface area contributed by atoms with Crippen molar-refractivity contribution in [1.29, 1.82) is 0 Å². The maximum absolute atomic E-state index is 11.5. The minimum Gasteiger partial charge on any atom is -0.351 e. The van der Waals surface area contributed by atoms with Crippen molar-refractivity contribution >= 4 is 17.2 Å². The molecule has 1 aromatic rings. The Hall–Kier alpha value is -0.980. The largest absolute Gasteiger partial charge is 0.351 e. The van der Waals surface area contributed by atoms with E-state index in [1.807, 2.05) is 0 Å². The molecule has 0 aliphatic heterocycles. The molecule has 0 unspecified atom stereocenters. The summed E-state index contributed by atoms with van der Waals surface area (Å²) in [7, 11) is 0. The van der Waals surface area contributed by atoms with Gasteiger partial charge in [0.2, 0.25) is 0 Å². The minimum absolute atomic E-state index is 0.136. The van der Waals surface area contributed by atoms with Crippen LogP contribution in [0, 0.1) is 0 Å². The molecule has 0 aliphatic carbocycles. The molecule has 15 heavy (non-hydrogen) atoms. The Labute approximate surface area is 92.9 Å². The fourth-order valence-electron chi connectivity index (χ4n) is 1.07. The molecule has 0 saturated heterocycles. The third-order valence-electron chi connectivity index (χ3n) is 1.88. The van der Waals surface area contributed by atoms with Crippen molar-refractivity contribution < 1.29 is 4.79 Å². The Morgan fingerprint density at radius 3 is 2.87 bits per heavy atom. The number of rotatable bonds is 6. The maximum Gasteiger partial charge on any atom is 0.270 e. The van der Waals surface area contributed by atoms with Gasteiger partial charge in [-0.3, -0.25) is 4.79 Å². The quantitative estimate of drug-likeness (QED) is 0.601. The van der Waals surface area contributed by atoms with E-state index >= 15 is 0 Å². The van der Waals surface area contributed by atoms with Crippen molar-refractivity contribution in [1.82, 2.24) is 10.3 Å². The molecule has 6 heteroatoms. The zero-order valence-corrected chi connectivity index (χ0v) is 9.35. The smallest absolute Gasteiger partial charge is 0.270 e. The normalized spacial score (nSPS) is 10.3. The summed E-state index contributed by atoms with van der Waals surface area (Å²) in [6.07, 6.45) is 1.82. The van der Waals surface area contributed by atoms with Crippen molar-refractivity contribution in [2.75, 3.05) is 13.1 Å². The molecule has 5 nitrogen and oxygen atoms in total. The molecular weight excluding hydrogens is 212 g/mol. The number of amides is 1. The fraction of sp³-hybridized carbons (Fsp3) is 0.556. The first-order valence-electron chi connectivity index (χ1n) is 4.90. The van der Waals surface area contributed by atoms with E-state index in [0.717, 1.165) is 17.8 Å². The van der Waals surface area contributed by atoms with Crippen LogP contribution in [0.2, 0.25) is 0 Å². The molecule has 0 radical (unpaired) electrons. The van der Waals surface area contributed by atoms with Crippen LogP contribution in [-0.4, -0.2) is 24.0 Å². The summed E-state index contributed by atoms with van der Waals surface area (Å²) in [6, 6.07) is 0. The van der Waals surface area contributed by atoms with Crippen LogP contribution in [-0.2, 0) is 6.54 Å². The van der Waals surface area contributed by atoms with Gasteiger partial charge >= 0.3 is 0 Å². The van der Waals surface area contributed by atoms with E-state index in [0.29, 0.717) is 25.3 Å². The third kappa shape index (κ3) is 3.94. The van der Waals surface area contributed by atoms with Gasteiger partial charge in [-0.15, -0.1) is 11.3 Å². The molecule has 1 heterocycles. The number of nitrogens with zero attached hydrogens (tertiary/aromatic N) is 1. The van der Waals surface area contributed by atoms with E-state index in [-0.39, 0.29) is 5.91 Å². The molecule has 84 valence electrons. The molecule has 0 aromatic carbocycles. The number of carbonyl (C=O) groups excluding carboxylic acids is 1. The second-order valence-electron chi connectivity index (χ2n) is 3.08. The molecule has 0 aliphatic rings. The monoisotopic (exact) mass is 228 g/mol. The highest BCUT2D eigenvalue weighted by Gasteiger charge is 2.08. The van der Waals surface area contributed by atoms with Gasteiger partial charge < -0.3 is 16.8 Å². The van der Waals surface area contributed by atoms with E-state index in [2.05, 4.69) is 10.3 Å². The van der Waals surface area contributed by atoms with Crippen molar-refractivity contribution in [2.24, 2.45) is 11.5 Å². The zero-order chi connectivity index (χ0) is 11.1. The van der Waals surface area contributed by atoms with E-state index in [4.69, 9.17) is 11.5 Å². The zero-order valence-electron chi connectivity index (χ0n) is 8.53. The lowest BCUT2D eigenvalue weighted by molar-refractivity contribution is 0.0948. The molecular formula is C9H16N4OS. The van der Waals surface area contributed by atoms with Gasteiger partial charge in [0.25, 0.3) is 5.91 Å². The average Bonchev–Trinajstić information content (AvgIpc) is 2.72. The average molecular weight is 228 g/mol. The highest BCUT2D eigenvalue weighted by Crippen LogP contribution is 2.08. The topological polar surface area (TPSA) is 94.0 Å². The van der Waals surface area contributed by atoms with Crippen molar-refractivity contribution in [3.05, 3.63) is 16.1 Å². The summed E-state index contributed by atoms with van der Waals surface area (Å²) in [4.78, 5) is 15.6. The molecule has 0 spiro atoms. The van der Waals surface area contributed by atoms with Crippen LogP contribution in [0.15, 0.2) is 5.38 Å². The molecule has 0 atom stereocenters. The summed E-state index contributed by atoms with van der Waals surface area (Å²) in [5.41, 5.74) is 11.2. The van der Waals surface area contributed by atoms with Crippen molar-refractivity contribution in [2.45, 2.75) is 19.4 Å². The van der Waals surface area contributed by atoms with Crippen molar-refractivity contribution in [3.63, 3.8) is 0 Å². The summed E-state index contributed by atoms with van der Waals surface area (Å²) in [5, 5.41) is 5.28. The molecule has 0 fully saturated rings. The highest BCUT2D eigenvalue weighted by molar-refractivity contribution is 7.09. The van der Waals surface area contributed by atoms with Crippen molar-refractivity contribution in [3.8, 4) is 0 Å². The van der Waals surface area contributed by atoms with E-state index < -0.39 is 0 Å². The SMILES string of the molecule is NCCCCNC(=O)c1csc(CN)n1. The lowest BCUT2D eigenvalue weighted by atomic mass is 10.3. The van der Waals surface area contributed by atoms with E-state index in [1.165, 1.54) is 11.3 Å². The molecule has 1 aromatic heterocycles. The first-order valence-corrected chi connectivity index (χ1v) is 5.78. The number of carbonyl (C=O) groups is 1. The number of aromatic nitrogens is 1. The van der Waals surface area contributed by atoms with Crippen LogP contribution in [0.4, 0.5) is 0 Å². The summed E-state index contributed by atoms with van der Waals surface area (Å²) >= 11 is 1.40. The summed E-state index contributed by atoms with van der Waals surface area (Å²) < 4.78 is 0. The second-order valence-corrected chi connectivity index (χ2v) is 4.02. The van der Waals surface area contributed by atoms with Crippen LogP contribution in [0.1, 0.15) is 28.3 Å². The Balaban J connectivity index is 2.33. The minimum atomic E-state index is -0.136. The summed E-state index contributed by atoms with van der Waals surface area (Å²) in [5.74, 6) is -0.136. The molecule has 5 N–H and O–H groups in total. The van der Waals surface area contributed by atoms with Gasteiger partial charge in [-0.1, -0.05) is 0 Å². The number of nitrogens with two attached hydrogens (primary N) is 2. The van der Waals surface area contributed by atoms with Crippen LogP contribution < -0.4 is 16.8 Å². The van der Waals surface area contributed by atoms with Crippen LogP contribution in [0.25, 0.3) is 0 Å². The van der Waals surface area contributed by atoms with Gasteiger partial charge in [0.15, 0.2) is 0 Å². The summed E-state index contributed by atoms with van der Waals surface area (Å²) in [6.45, 7) is 1.68. The Kier molecular flexibility index (Phi) is 5.23. The van der Waals surface area contributed by atoms with Gasteiger partial charge in [0.05, 0.1) is 0 Å². The number of hydrogen-bond acceptors (Lipinski definition) is 5. The van der Waals surface area contributed by atoms with Gasteiger partial charge in [-0.05, 0) is 19.4 Å². The highest BCUT2D eigenvalue weighted by atomic mass is 32.1. The number of unbranched alkanes of at least 4 members (excludes halogenated alkanes) is 1. The third-order valence-corrected chi connectivity index (χ3v) is 2.75. The van der Waals surface area contributed by atoms with Crippen LogP contribution in [0.3, 0.4) is 0 Å². The van der Waals surface area contributed by atoms with E-state index in [9.17, 15) is 4.79 Å². The van der Waals surface area contributed by atoms with Gasteiger partial charge in [-0.2, -0.15) is 0 Å². The molecule has 0 bridgehead atoms. The van der Waals surface area contributed by atoms with E-state index in [1.54, 1.807) is 5.38 Å². The standard InChI is InChI=1S/C9H16N4OS/c10-3-1-2-4-12-9(14)7-6-15-8(5-11)13-7/h6H,1-5,10-11H2,(H,12,14). The fourth-order valence-corrected chi connectivity index (χ4v) is 1.73. The second kappa shape index (κ2) is 6.49. The maximum atomic E-state index is 11.5. The number of nitrogens with one attached hydrogen (secondary N) is 1. The molecule has 1 amide bonds. The van der Waals surface area contributed by atoms with Gasteiger partial charge in [0.1, 0.15) is 10.7 Å². The first kappa shape index (κ1) is 12.1. The first-order chi connectivity index (χ1) is 7.27. The molecule has 0 saturated carbocycles.